The van der Waals surface area contributed by atoms with Gasteiger partial charge in [0.2, 0.25) is 0 Å². The molecule has 0 atom stereocenters. The molecule has 0 fully saturated rings. The lowest BCUT2D eigenvalue weighted by Gasteiger charge is -2.08. The molecule has 0 aliphatic heterocycles. The van der Waals surface area contributed by atoms with E-state index in [1.165, 1.54) is 18.2 Å². The summed E-state index contributed by atoms with van der Waals surface area (Å²) in [6.45, 7) is 5.43. The number of carbonyl (C=O) groups is 4. The Morgan fingerprint density at radius 3 is 1.27 bits per heavy atom. The van der Waals surface area contributed by atoms with Crippen LogP contribution in [0.5, 0.6) is 11.5 Å². The maximum atomic E-state index is 12.1. The molecular weight excluding hydrogens is 624 g/mol. The van der Waals surface area contributed by atoms with Gasteiger partial charge >= 0.3 is 11.9 Å². The van der Waals surface area contributed by atoms with Gasteiger partial charge in [0.1, 0.15) is 11.5 Å². The van der Waals surface area contributed by atoms with Crippen molar-refractivity contribution in [1.82, 2.24) is 10.6 Å². The zero-order chi connectivity index (χ0) is 35.4. The molecule has 4 aromatic rings. The van der Waals surface area contributed by atoms with Crippen molar-refractivity contribution < 1.29 is 38.5 Å². The quantitative estimate of drug-likeness (QED) is 0.121. The third kappa shape index (κ3) is 13.9. The minimum Gasteiger partial charge on any atom is -0.493 e. The van der Waals surface area contributed by atoms with Gasteiger partial charge in [-0.1, -0.05) is 62.4 Å². The number of hydrogen-bond acceptors (Lipinski definition) is 7. The Morgan fingerprint density at radius 1 is 0.551 bits per heavy atom. The first-order valence-electron chi connectivity index (χ1n) is 16.2. The first-order valence-corrected chi connectivity index (χ1v) is 16.2. The van der Waals surface area contributed by atoms with Crippen LogP contribution in [0.3, 0.4) is 0 Å². The summed E-state index contributed by atoms with van der Waals surface area (Å²) in [6, 6.07) is 29.8. The molecule has 0 bridgehead atoms. The van der Waals surface area contributed by atoms with Crippen LogP contribution in [0.15, 0.2) is 97.1 Å². The van der Waals surface area contributed by atoms with Gasteiger partial charge in [-0.3, -0.25) is 19.2 Å². The number of nitrogens with one attached hydrogen (secondary N) is 2. The largest absolute Gasteiger partial charge is 0.493 e. The predicted octanol–water partition coefficient (Wildman–Crippen LogP) is 6.15. The number of ether oxygens (including phenoxy) is 3. The van der Waals surface area contributed by atoms with Crippen molar-refractivity contribution in [2.75, 3.05) is 20.3 Å². The molecule has 0 aromatic heterocycles. The van der Waals surface area contributed by atoms with Crippen LogP contribution in [-0.4, -0.2) is 49.2 Å². The molecule has 0 heterocycles. The predicted molar refractivity (Wildman–Crippen MR) is 187 cm³/mol. The Kier molecular flexibility index (Phi) is 15.9. The molecule has 2 amide bonds. The molecule has 0 spiro atoms. The average Bonchev–Trinajstić information content (AvgIpc) is 3.14. The number of carbonyl (C=O) groups excluding carboxylic acids is 3. The minimum atomic E-state index is -0.888. The van der Waals surface area contributed by atoms with E-state index in [1.54, 1.807) is 12.1 Å². The fourth-order valence-corrected chi connectivity index (χ4v) is 4.37. The molecule has 49 heavy (non-hydrogen) atoms. The van der Waals surface area contributed by atoms with Crippen LogP contribution in [0, 0.1) is 0 Å². The number of benzene rings is 4. The second kappa shape index (κ2) is 20.6. The van der Waals surface area contributed by atoms with Crippen LogP contribution in [0.4, 0.5) is 0 Å². The summed E-state index contributed by atoms with van der Waals surface area (Å²) >= 11 is 0. The highest BCUT2D eigenvalue weighted by atomic mass is 16.5. The third-order valence-corrected chi connectivity index (χ3v) is 7.39. The topological polar surface area (TPSA) is 140 Å². The highest BCUT2D eigenvalue weighted by molar-refractivity contribution is 5.94. The Morgan fingerprint density at radius 2 is 0.918 bits per heavy atom. The molecular formula is C39H44N2O8. The lowest BCUT2D eigenvalue weighted by molar-refractivity contribution is -0.141. The van der Waals surface area contributed by atoms with E-state index >= 15 is 0 Å². The standard InChI is InChI=1S/C20H23NO4.C19H21NO4/c1-3-15-4-8-17(9-5-15)20(23)21-14-16-6-10-18(11-7-16)25-13-12-19(22)24-2;1-2-14-3-7-16(8-4-14)19(23)20-13-15-5-9-17(10-6-15)24-12-11-18(21)22/h4-11H,3,12-14H2,1-2H3,(H,21,23);3-10H,2,11-13H2,1H3,(H,20,23)(H,21,22). The zero-order valence-corrected chi connectivity index (χ0v) is 28.2. The Hall–Kier alpha value is -5.64. The van der Waals surface area contributed by atoms with E-state index in [1.807, 2.05) is 84.9 Å². The molecule has 0 saturated heterocycles. The number of rotatable bonds is 16. The van der Waals surface area contributed by atoms with E-state index in [0.29, 0.717) is 35.7 Å². The summed E-state index contributed by atoms with van der Waals surface area (Å²) in [6.07, 6.45) is 2.08. The maximum absolute atomic E-state index is 12.1. The summed E-state index contributed by atoms with van der Waals surface area (Å²) in [5.74, 6) is -0.108. The highest BCUT2D eigenvalue weighted by Gasteiger charge is 2.07. The van der Waals surface area contributed by atoms with E-state index in [0.717, 1.165) is 24.0 Å². The van der Waals surface area contributed by atoms with Crippen LogP contribution >= 0.6 is 0 Å². The van der Waals surface area contributed by atoms with Gasteiger partial charge in [0.15, 0.2) is 0 Å². The number of methoxy groups -OCH3 is 1. The first-order chi connectivity index (χ1) is 23.7. The van der Waals surface area contributed by atoms with Crippen molar-refractivity contribution in [1.29, 1.82) is 0 Å². The number of amides is 2. The molecule has 4 aromatic carbocycles. The minimum absolute atomic E-state index is 0.0331. The Bertz CT molecular complexity index is 1620. The number of hydrogen-bond donors (Lipinski definition) is 3. The Labute approximate surface area is 287 Å². The fraction of sp³-hybridized carbons (Fsp3) is 0.282. The van der Waals surface area contributed by atoms with Gasteiger partial charge in [-0.05, 0) is 83.6 Å². The van der Waals surface area contributed by atoms with Crippen LogP contribution < -0.4 is 20.1 Å². The van der Waals surface area contributed by atoms with Gasteiger partial charge in [-0.25, -0.2) is 0 Å². The van der Waals surface area contributed by atoms with E-state index in [4.69, 9.17) is 14.6 Å². The number of esters is 1. The maximum Gasteiger partial charge on any atom is 0.308 e. The van der Waals surface area contributed by atoms with E-state index in [9.17, 15) is 19.2 Å². The molecule has 0 aliphatic rings. The number of carboxylic acids is 1. The Balaban J connectivity index is 0.000000266. The smallest absolute Gasteiger partial charge is 0.308 e. The fourth-order valence-electron chi connectivity index (χ4n) is 4.37. The van der Waals surface area contributed by atoms with Crippen molar-refractivity contribution in [3.63, 3.8) is 0 Å². The highest BCUT2D eigenvalue weighted by Crippen LogP contribution is 2.14. The lowest BCUT2D eigenvalue weighted by atomic mass is 10.1. The SMILES string of the molecule is CCc1ccc(C(=O)NCc2ccc(OCCC(=O)O)cc2)cc1.CCc1ccc(C(=O)NCc2ccc(OCCC(=O)OC)cc2)cc1. The van der Waals surface area contributed by atoms with Gasteiger partial charge < -0.3 is 30.0 Å². The molecule has 0 saturated carbocycles. The normalized spacial score (nSPS) is 10.2. The second-order valence-corrected chi connectivity index (χ2v) is 10.9. The van der Waals surface area contributed by atoms with Crippen molar-refractivity contribution in [3.8, 4) is 11.5 Å². The van der Waals surface area contributed by atoms with Crippen molar-refractivity contribution >= 4 is 23.8 Å². The summed E-state index contributed by atoms with van der Waals surface area (Å²) in [7, 11) is 1.35. The molecule has 10 nitrogen and oxygen atoms in total. The molecule has 4 rings (SSSR count). The monoisotopic (exact) mass is 668 g/mol. The van der Waals surface area contributed by atoms with Gasteiger partial charge in [0.25, 0.3) is 11.8 Å². The average molecular weight is 669 g/mol. The molecule has 3 N–H and O–H groups in total. The zero-order valence-electron chi connectivity index (χ0n) is 28.2. The van der Waals surface area contributed by atoms with E-state index in [2.05, 4.69) is 29.2 Å². The van der Waals surface area contributed by atoms with E-state index in [-0.39, 0.29) is 43.8 Å². The number of aliphatic carboxylic acids is 1. The summed E-state index contributed by atoms with van der Waals surface area (Å²) in [4.78, 5) is 45.7. The number of aryl methyl sites for hydroxylation is 2. The van der Waals surface area contributed by atoms with Crippen LogP contribution in [0.25, 0.3) is 0 Å². The van der Waals surface area contributed by atoms with Crippen LogP contribution in [-0.2, 0) is 40.3 Å². The summed E-state index contributed by atoms with van der Waals surface area (Å²) < 4.78 is 15.3. The van der Waals surface area contributed by atoms with Crippen molar-refractivity contribution in [2.45, 2.75) is 52.6 Å². The molecule has 10 heteroatoms. The van der Waals surface area contributed by atoms with E-state index < -0.39 is 5.97 Å². The molecule has 0 radical (unpaired) electrons. The summed E-state index contributed by atoms with van der Waals surface area (Å²) in [5, 5.41) is 14.3. The summed E-state index contributed by atoms with van der Waals surface area (Å²) in [5.41, 5.74) is 5.61. The van der Waals surface area contributed by atoms with Gasteiger partial charge in [-0.2, -0.15) is 0 Å². The van der Waals surface area contributed by atoms with Crippen LogP contribution in [0.1, 0.15) is 69.7 Å². The van der Waals surface area contributed by atoms with Crippen molar-refractivity contribution in [3.05, 3.63) is 130 Å². The van der Waals surface area contributed by atoms with Gasteiger partial charge in [-0.15, -0.1) is 0 Å². The second-order valence-electron chi connectivity index (χ2n) is 10.9. The number of carboxylic acid groups (broad SMARTS) is 1. The van der Waals surface area contributed by atoms with Crippen LogP contribution in [0.2, 0.25) is 0 Å². The first kappa shape index (κ1) is 37.8. The van der Waals surface area contributed by atoms with Gasteiger partial charge in [0.05, 0.1) is 33.2 Å². The van der Waals surface area contributed by atoms with Crippen molar-refractivity contribution in [2.24, 2.45) is 0 Å². The van der Waals surface area contributed by atoms with Gasteiger partial charge in [0, 0.05) is 24.2 Å². The third-order valence-electron chi connectivity index (χ3n) is 7.39. The lowest BCUT2D eigenvalue weighted by Crippen LogP contribution is -2.22. The molecule has 0 aliphatic carbocycles. The molecule has 258 valence electrons. The molecule has 0 unspecified atom stereocenters.